The predicted octanol–water partition coefficient (Wildman–Crippen LogP) is 4.54. The van der Waals surface area contributed by atoms with E-state index >= 15 is 0 Å². The summed E-state index contributed by atoms with van der Waals surface area (Å²) < 4.78 is 5.39. The molecule has 0 atom stereocenters. The van der Waals surface area contributed by atoms with Crippen molar-refractivity contribution in [2.24, 2.45) is 0 Å². The van der Waals surface area contributed by atoms with Crippen molar-refractivity contribution in [2.45, 2.75) is 6.42 Å². The van der Waals surface area contributed by atoms with Crippen LogP contribution in [0.15, 0.2) is 115 Å². The molecule has 4 heteroatoms. The Hall–Kier alpha value is -4.41. The van der Waals surface area contributed by atoms with Crippen LogP contribution in [0, 0.1) is 0 Å². The molecule has 0 aliphatic carbocycles. The Kier molecular flexibility index (Phi) is 4.23. The van der Waals surface area contributed by atoms with E-state index in [0.29, 0.717) is 12.2 Å². The van der Waals surface area contributed by atoms with Gasteiger partial charge in [0.15, 0.2) is 8.07 Å². The van der Waals surface area contributed by atoms with Gasteiger partial charge in [-0.1, -0.05) is 91.0 Å². The van der Waals surface area contributed by atoms with Crippen LogP contribution < -0.4 is 25.6 Å². The first-order valence-corrected chi connectivity index (χ1v) is 14.8. The minimum absolute atomic E-state index is 0.230. The number of esters is 1. The minimum atomic E-state index is -2.55. The molecule has 5 aromatic rings. The van der Waals surface area contributed by atoms with E-state index in [9.17, 15) is 4.79 Å². The number of hydrogen-bond acceptors (Lipinski definition) is 3. The van der Waals surface area contributed by atoms with Crippen LogP contribution in [0.2, 0.25) is 0 Å². The maximum absolute atomic E-state index is 12.7. The first-order chi connectivity index (χ1) is 18.3. The van der Waals surface area contributed by atoms with Crippen molar-refractivity contribution in [1.29, 1.82) is 0 Å². The largest absolute Gasteiger partial charge is 0.462 e. The fraction of sp³-hybridized carbons (Fsp3) is 0.0606. The summed E-state index contributed by atoms with van der Waals surface area (Å²) in [6.07, 6.45) is 0.762. The normalized spacial score (nSPS) is 15.8. The predicted molar refractivity (Wildman–Crippen MR) is 151 cm³/mol. The van der Waals surface area contributed by atoms with Crippen molar-refractivity contribution in [3.05, 3.63) is 126 Å². The Balaban J connectivity index is 1.47. The number of hydrogen-bond donors (Lipinski definition) is 0. The van der Waals surface area contributed by atoms with E-state index < -0.39 is 8.07 Å². The number of cyclic esters (lactones) is 1. The molecule has 3 aliphatic heterocycles. The first kappa shape index (κ1) is 20.7. The molecule has 37 heavy (non-hydrogen) atoms. The van der Waals surface area contributed by atoms with Gasteiger partial charge in [0.25, 0.3) is 0 Å². The number of benzene rings is 5. The number of para-hydroxylation sites is 2. The molecule has 3 nitrogen and oxygen atoms in total. The van der Waals surface area contributed by atoms with E-state index in [2.05, 4.69) is 114 Å². The summed E-state index contributed by atoms with van der Waals surface area (Å²) in [5.74, 6) is -0.230. The highest BCUT2D eigenvalue weighted by atomic mass is 28.3. The molecule has 0 radical (unpaired) electrons. The number of fused-ring (bicyclic) bond motifs is 10. The van der Waals surface area contributed by atoms with E-state index in [1.54, 1.807) is 0 Å². The molecule has 1 spiro atoms. The Bertz CT molecular complexity index is 1660. The lowest BCUT2D eigenvalue weighted by atomic mass is 10.0. The van der Waals surface area contributed by atoms with Crippen molar-refractivity contribution in [2.75, 3.05) is 11.5 Å². The monoisotopic (exact) mass is 493 g/mol. The molecule has 8 rings (SSSR count). The van der Waals surface area contributed by atoms with Crippen molar-refractivity contribution >= 4 is 51.9 Å². The molecular weight excluding hydrogens is 470 g/mol. The van der Waals surface area contributed by atoms with Gasteiger partial charge in [-0.05, 0) is 61.7 Å². The molecule has 5 aromatic carbocycles. The van der Waals surface area contributed by atoms with E-state index in [0.717, 1.165) is 17.7 Å². The summed E-state index contributed by atoms with van der Waals surface area (Å²) in [4.78, 5) is 15.0. The standard InChI is InChI=1S/C33H23NO2Si/c35-33-26-21-23(18-17-22(26)19-20-36-33)34-27-11-3-7-15-31(27)37(32-16-8-4-12-28(32)34)29-13-5-1-9-24(29)25-10-2-6-14-30(25)37/h1-18,21H,19-20H2. The molecule has 0 saturated heterocycles. The average Bonchev–Trinajstić information content (AvgIpc) is 3.25. The molecule has 3 heterocycles. The summed E-state index contributed by atoms with van der Waals surface area (Å²) in [7, 11) is -2.55. The van der Waals surface area contributed by atoms with E-state index in [-0.39, 0.29) is 5.97 Å². The smallest absolute Gasteiger partial charge is 0.338 e. The minimum Gasteiger partial charge on any atom is -0.462 e. The molecule has 176 valence electrons. The van der Waals surface area contributed by atoms with Crippen molar-refractivity contribution in [1.82, 2.24) is 0 Å². The third-order valence-electron chi connectivity index (χ3n) is 8.23. The van der Waals surface area contributed by atoms with Crippen LogP contribution in [0.1, 0.15) is 15.9 Å². The van der Waals surface area contributed by atoms with Crippen LogP contribution in [0.4, 0.5) is 17.1 Å². The Morgan fingerprint density at radius 2 is 1.14 bits per heavy atom. The molecule has 0 unspecified atom stereocenters. The zero-order chi connectivity index (χ0) is 24.6. The third-order valence-corrected chi connectivity index (χ3v) is 13.2. The van der Waals surface area contributed by atoms with Gasteiger partial charge in [-0.2, -0.15) is 0 Å². The van der Waals surface area contributed by atoms with E-state index in [4.69, 9.17) is 4.74 Å². The highest BCUT2D eigenvalue weighted by Gasteiger charge is 2.53. The van der Waals surface area contributed by atoms with Crippen LogP contribution in [-0.2, 0) is 11.2 Å². The van der Waals surface area contributed by atoms with Crippen molar-refractivity contribution in [3.8, 4) is 11.1 Å². The maximum Gasteiger partial charge on any atom is 0.338 e. The van der Waals surface area contributed by atoms with E-state index in [1.807, 2.05) is 6.07 Å². The molecular formula is C33H23NO2Si. The van der Waals surface area contributed by atoms with Gasteiger partial charge in [0, 0.05) is 23.5 Å². The molecule has 0 aromatic heterocycles. The molecule has 0 fully saturated rings. The summed E-state index contributed by atoms with van der Waals surface area (Å²) in [5.41, 5.74) is 7.78. The summed E-state index contributed by atoms with van der Waals surface area (Å²) >= 11 is 0. The number of rotatable bonds is 1. The molecule has 0 amide bonds. The number of carbonyl (C=O) groups excluding carboxylic acids is 1. The van der Waals surface area contributed by atoms with Crippen LogP contribution in [0.3, 0.4) is 0 Å². The fourth-order valence-corrected chi connectivity index (χ4v) is 12.3. The summed E-state index contributed by atoms with van der Waals surface area (Å²) in [6.45, 7) is 0.452. The fourth-order valence-electron chi connectivity index (χ4n) is 6.78. The lowest BCUT2D eigenvalue weighted by Crippen LogP contribution is -2.75. The number of nitrogens with zero attached hydrogens (tertiary/aromatic N) is 1. The van der Waals surface area contributed by atoms with Crippen LogP contribution in [0.5, 0.6) is 0 Å². The van der Waals surface area contributed by atoms with Crippen LogP contribution >= 0.6 is 0 Å². The second-order valence-electron chi connectivity index (χ2n) is 9.94. The Labute approximate surface area is 216 Å². The zero-order valence-corrected chi connectivity index (χ0v) is 21.1. The first-order valence-electron chi connectivity index (χ1n) is 12.8. The summed E-state index contributed by atoms with van der Waals surface area (Å²) in [5, 5.41) is 5.66. The number of anilines is 3. The van der Waals surface area contributed by atoms with Gasteiger partial charge < -0.3 is 9.64 Å². The third kappa shape index (κ3) is 2.63. The number of carbonyl (C=O) groups is 1. The highest BCUT2D eigenvalue weighted by Crippen LogP contribution is 2.41. The lowest BCUT2D eigenvalue weighted by Gasteiger charge is -2.43. The average molecular weight is 494 g/mol. The van der Waals surface area contributed by atoms with Crippen molar-refractivity contribution in [3.63, 3.8) is 0 Å². The van der Waals surface area contributed by atoms with Crippen molar-refractivity contribution < 1.29 is 9.53 Å². The van der Waals surface area contributed by atoms with Gasteiger partial charge in [-0.15, -0.1) is 0 Å². The maximum atomic E-state index is 12.7. The molecule has 0 bridgehead atoms. The zero-order valence-electron chi connectivity index (χ0n) is 20.1. The van der Waals surface area contributed by atoms with Crippen LogP contribution in [-0.4, -0.2) is 20.7 Å². The second kappa shape index (κ2) is 7.54. The quantitative estimate of drug-likeness (QED) is 0.248. The van der Waals surface area contributed by atoms with E-state index in [1.165, 1.54) is 43.2 Å². The SMILES string of the molecule is O=C1OCCc2ccc(N3c4ccccc4[Si]4(c5ccccc5-c5ccccc54)c4ccccc43)cc21. The summed E-state index contributed by atoms with van der Waals surface area (Å²) in [6, 6.07) is 41.9. The highest BCUT2D eigenvalue weighted by molar-refractivity contribution is 7.23. The molecule has 0 N–H and O–H groups in total. The van der Waals surface area contributed by atoms with Crippen LogP contribution in [0.25, 0.3) is 11.1 Å². The van der Waals surface area contributed by atoms with Gasteiger partial charge in [-0.25, -0.2) is 4.79 Å². The molecule has 3 aliphatic rings. The van der Waals surface area contributed by atoms with Gasteiger partial charge >= 0.3 is 5.97 Å². The van der Waals surface area contributed by atoms with Gasteiger partial charge in [-0.3, -0.25) is 0 Å². The Morgan fingerprint density at radius 3 is 1.76 bits per heavy atom. The molecule has 0 saturated carbocycles. The Morgan fingerprint density at radius 1 is 0.595 bits per heavy atom. The topological polar surface area (TPSA) is 29.5 Å². The lowest BCUT2D eigenvalue weighted by molar-refractivity contribution is 0.0480. The number of ether oxygens (including phenoxy) is 1. The van der Waals surface area contributed by atoms with Gasteiger partial charge in [0.2, 0.25) is 0 Å². The second-order valence-corrected chi connectivity index (χ2v) is 13.6. The van der Waals surface area contributed by atoms with Gasteiger partial charge in [0.05, 0.1) is 12.2 Å². The van der Waals surface area contributed by atoms with Gasteiger partial charge in [0.1, 0.15) is 0 Å².